The molecule has 0 N–H and O–H groups in total. The van der Waals surface area contributed by atoms with Crippen molar-refractivity contribution in [2.45, 2.75) is 6.92 Å². The maximum Gasteiger partial charge on any atom is 0.0547 e. The lowest BCUT2D eigenvalue weighted by Gasteiger charge is -2.12. The van der Waals surface area contributed by atoms with E-state index in [1.807, 2.05) is 0 Å². The Hall–Kier alpha value is -3.84. The fraction of sp³-hybridized carbons (Fsp3) is 0.0345. The Balaban J connectivity index is 1.73. The van der Waals surface area contributed by atoms with Crippen LogP contribution in [0.4, 0.5) is 0 Å². The van der Waals surface area contributed by atoms with Gasteiger partial charge < -0.3 is 4.57 Å². The third-order valence-electron chi connectivity index (χ3n) is 6.11. The molecule has 0 saturated heterocycles. The minimum absolute atomic E-state index is 1.19. The highest BCUT2D eigenvalue weighted by atomic mass is 15.0. The monoisotopic (exact) mass is 383 g/mol. The molecule has 1 heterocycles. The molecule has 6 rings (SSSR count). The summed E-state index contributed by atoms with van der Waals surface area (Å²) in [5.41, 5.74) is 7.56. The predicted octanol–water partition coefficient (Wildman–Crippen LogP) is 7.91. The first-order chi connectivity index (χ1) is 14.8. The van der Waals surface area contributed by atoms with Crippen molar-refractivity contribution in [3.63, 3.8) is 0 Å². The predicted molar refractivity (Wildman–Crippen MR) is 128 cm³/mol. The highest BCUT2D eigenvalue weighted by Crippen LogP contribution is 2.37. The summed E-state index contributed by atoms with van der Waals surface area (Å²) >= 11 is 0. The molecular formula is C29H21N. The standard InChI is InChI=1S/C29H21N/c1-20-15-16-21-9-5-6-12-24(21)29(20)22-17-18-26-25-13-7-8-14-27(25)30(28(26)19-22)23-10-3-2-4-11-23/h2-19H,1H3. The van der Waals surface area contributed by atoms with Crippen LogP contribution in [0.2, 0.25) is 0 Å². The highest BCUT2D eigenvalue weighted by molar-refractivity contribution is 6.11. The van der Waals surface area contributed by atoms with Gasteiger partial charge in [0.15, 0.2) is 0 Å². The Bertz CT molecular complexity index is 1540. The Morgan fingerprint density at radius 2 is 1.23 bits per heavy atom. The molecule has 0 radical (unpaired) electrons. The molecule has 142 valence electrons. The van der Waals surface area contributed by atoms with Gasteiger partial charge in [-0.25, -0.2) is 0 Å². The number of rotatable bonds is 2. The van der Waals surface area contributed by atoms with Crippen LogP contribution in [-0.4, -0.2) is 4.57 Å². The Labute approximate surface area is 175 Å². The van der Waals surface area contributed by atoms with Gasteiger partial charge in [0, 0.05) is 16.5 Å². The Morgan fingerprint density at radius 3 is 2.10 bits per heavy atom. The molecule has 0 amide bonds. The SMILES string of the molecule is Cc1ccc2ccccc2c1-c1ccc2c3ccccc3n(-c3ccccc3)c2c1. The minimum atomic E-state index is 1.19. The van der Waals surface area contributed by atoms with E-state index in [1.165, 1.54) is 55.0 Å². The molecule has 0 atom stereocenters. The molecule has 1 heteroatoms. The van der Waals surface area contributed by atoms with Crippen molar-refractivity contribution < 1.29 is 0 Å². The van der Waals surface area contributed by atoms with Crippen LogP contribution in [0.3, 0.4) is 0 Å². The van der Waals surface area contributed by atoms with Crippen molar-refractivity contribution in [1.82, 2.24) is 4.57 Å². The number of hydrogen-bond donors (Lipinski definition) is 0. The zero-order valence-corrected chi connectivity index (χ0v) is 16.8. The molecular weight excluding hydrogens is 362 g/mol. The van der Waals surface area contributed by atoms with E-state index in [9.17, 15) is 0 Å². The molecule has 0 aliphatic carbocycles. The van der Waals surface area contributed by atoms with Gasteiger partial charge in [0.05, 0.1) is 11.0 Å². The minimum Gasteiger partial charge on any atom is -0.309 e. The van der Waals surface area contributed by atoms with Crippen LogP contribution in [0.15, 0.2) is 109 Å². The zero-order chi connectivity index (χ0) is 20.1. The van der Waals surface area contributed by atoms with E-state index in [0.29, 0.717) is 0 Å². The fourth-order valence-electron chi connectivity index (χ4n) is 4.75. The molecule has 6 aromatic rings. The van der Waals surface area contributed by atoms with Gasteiger partial charge in [-0.1, -0.05) is 84.9 Å². The van der Waals surface area contributed by atoms with Crippen molar-refractivity contribution in [3.05, 3.63) is 115 Å². The van der Waals surface area contributed by atoms with Crippen LogP contribution in [0, 0.1) is 6.92 Å². The van der Waals surface area contributed by atoms with Crippen molar-refractivity contribution in [2.75, 3.05) is 0 Å². The van der Waals surface area contributed by atoms with Crippen molar-refractivity contribution in [2.24, 2.45) is 0 Å². The van der Waals surface area contributed by atoms with Gasteiger partial charge in [0.2, 0.25) is 0 Å². The highest BCUT2D eigenvalue weighted by Gasteiger charge is 2.14. The third kappa shape index (κ3) is 2.49. The molecule has 30 heavy (non-hydrogen) atoms. The van der Waals surface area contributed by atoms with E-state index in [1.54, 1.807) is 0 Å². The van der Waals surface area contributed by atoms with Crippen LogP contribution < -0.4 is 0 Å². The second-order valence-electron chi connectivity index (χ2n) is 7.90. The van der Waals surface area contributed by atoms with E-state index in [0.717, 1.165) is 0 Å². The van der Waals surface area contributed by atoms with Crippen molar-refractivity contribution in [1.29, 1.82) is 0 Å². The molecule has 0 spiro atoms. The second kappa shape index (κ2) is 6.60. The molecule has 1 aromatic heterocycles. The largest absolute Gasteiger partial charge is 0.309 e. The summed E-state index contributed by atoms with van der Waals surface area (Å²) in [5.74, 6) is 0. The molecule has 5 aromatic carbocycles. The number of nitrogens with zero attached hydrogens (tertiary/aromatic N) is 1. The van der Waals surface area contributed by atoms with Crippen LogP contribution in [0.25, 0.3) is 49.4 Å². The second-order valence-corrected chi connectivity index (χ2v) is 7.90. The van der Waals surface area contributed by atoms with Gasteiger partial charge in [0.25, 0.3) is 0 Å². The fourth-order valence-corrected chi connectivity index (χ4v) is 4.75. The zero-order valence-electron chi connectivity index (χ0n) is 16.8. The number of hydrogen-bond acceptors (Lipinski definition) is 0. The topological polar surface area (TPSA) is 4.93 Å². The summed E-state index contributed by atoms with van der Waals surface area (Å²) in [7, 11) is 0. The third-order valence-corrected chi connectivity index (χ3v) is 6.11. The lowest BCUT2D eigenvalue weighted by Crippen LogP contribution is -1.93. The number of aromatic nitrogens is 1. The van der Waals surface area contributed by atoms with Crippen LogP contribution in [0.1, 0.15) is 5.56 Å². The average molecular weight is 383 g/mol. The van der Waals surface area contributed by atoms with E-state index in [-0.39, 0.29) is 0 Å². The first kappa shape index (κ1) is 17.1. The lowest BCUT2D eigenvalue weighted by molar-refractivity contribution is 1.18. The maximum absolute atomic E-state index is 2.38. The quantitative estimate of drug-likeness (QED) is 0.286. The Morgan fingerprint density at radius 1 is 0.533 bits per heavy atom. The van der Waals surface area contributed by atoms with Crippen LogP contribution in [0.5, 0.6) is 0 Å². The molecule has 0 unspecified atom stereocenters. The first-order valence-electron chi connectivity index (χ1n) is 10.4. The summed E-state index contributed by atoms with van der Waals surface area (Å²) < 4.78 is 2.38. The summed E-state index contributed by atoms with van der Waals surface area (Å²) in [6.45, 7) is 2.21. The van der Waals surface area contributed by atoms with E-state index < -0.39 is 0 Å². The number of para-hydroxylation sites is 2. The Kier molecular flexibility index (Phi) is 3.75. The number of benzene rings is 5. The summed E-state index contributed by atoms with van der Waals surface area (Å²) in [4.78, 5) is 0. The summed E-state index contributed by atoms with van der Waals surface area (Å²) in [6, 6.07) is 39.4. The van der Waals surface area contributed by atoms with E-state index in [2.05, 4.69) is 121 Å². The van der Waals surface area contributed by atoms with Gasteiger partial charge in [-0.3, -0.25) is 0 Å². The van der Waals surface area contributed by atoms with Crippen LogP contribution >= 0.6 is 0 Å². The smallest absolute Gasteiger partial charge is 0.0547 e. The van der Waals surface area contributed by atoms with Gasteiger partial charge in [-0.05, 0) is 58.7 Å². The number of aryl methyl sites for hydroxylation is 1. The van der Waals surface area contributed by atoms with Gasteiger partial charge >= 0.3 is 0 Å². The first-order valence-corrected chi connectivity index (χ1v) is 10.4. The van der Waals surface area contributed by atoms with E-state index >= 15 is 0 Å². The van der Waals surface area contributed by atoms with Gasteiger partial charge in [-0.15, -0.1) is 0 Å². The summed E-state index contributed by atoms with van der Waals surface area (Å²) in [6.07, 6.45) is 0. The molecule has 0 fully saturated rings. The average Bonchev–Trinajstić information content (AvgIpc) is 3.13. The van der Waals surface area contributed by atoms with Crippen molar-refractivity contribution >= 4 is 32.6 Å². The lowest BCUT2D eigenvalue weighted by atomic mass is 9.93. The maximum atomic E-state index is 2.38. The normalized spacial score (nSPS) is 11.5. The van der Waals surface area contributed by atoms with E-state index in [4.69, 9.17) is 0 Å². The van der Waals surface area contributed by atoms with Gasteiger partial charge in [-0.2, -0.15) is 0 Å². The number of fused-ring (bicyclic) bond motifs is 4. The van der Waals surface area contributed by atoms with Crippen molar-refractivity contribution in [3.8, 4) is 16.8 Å². The molecule has 0 aliphatic rings. The molecule has 0 aliphatic heterocycles. The van der Waals surface area contributed by atoms with Gasteiger partial charge in [0.1, 0.15) is 0 Å². The summed E-state index contributed by atoms with van der Waals surface area (Å²) in [5, 5.41) is 5.16. The molecule has 1 nitrogen and oxygen atoms in total. The van der Waals surface area contributed by atoms with Crippen LogP contribution in [-0.2, 0) is 0 Å². The molecule has 0 bridgehead atoms. The molecule has 0 saturated carbocycles.